The van der Waals surface area contributed by atoms with E-state index in [1.807, 2.05) is 24.3 Å². The van der Waals surface area contributed by atoms with Crippen LogP contribution in [0.15, 0.2) is 34.0 Å². The molecule has 174 valence electrons. The molecule has 0 atom stereocenters. The molecule has 0 radical (unpaired) electrons. The van der Waals surface area contributed by atoms with E-state index in [2.05, 4.69) is 43.0 Å². The third-order valence-electron chi connectivity index (χ3n) is 5.23. The number of hydrogen-bond donors (Lipinski definition) is 2. The Morgan fingerprint density at radius 2 is 2.03 bits per heavy atom. The molecule has 4 rings (SSSR count). The van der Waals surface area contributed by atoms with Crippen LogP contribution in [-0.4, -0.2) is 62.0 Å². The third-order valence-corrected chi connectivity index (χ3v) is 5.23. The predicted octanol–water partition coefficient (Wildman–Crippen LogP) is 1.77. The number of amides is 1. The van der Waals surface area contributed by atoms with Gasteiger partial charge in [-0.25, -0.2) is 10.1 Å². The van der Waals surface area contributed by atoms with E-state index in [4.69, 9.17) is 15.1 Å². The number of piperidine rings is 1. The van der Waals surface area contributed by atoms with Crippen LogP contribution < -0.4 is 15.9 Å². The Hall–Kier alpha value is -3.80. The molecule has 0 spiro atoms. The van der Waals surface area contributed by atoms with Gasteiger partial charge in [0.1, 0.15) is 5.75 Å². The maximum absolute atomic E-state index is 12.9. The summed E-state index contributed by atoms with van der Waals surface area (Å²) in [4.78, 5) is 15.1. The van der Waals surface area contributed by atoms with Gasteiger partial charge in [-0.15, -0.1) is 5.10 Å². The largest absolute Gasteiger partial charge is 0.494 e. The number of benzene rings is 1. The highest BCUT2D eigenvalue weighted by atomic mass is 16.6. The Balaban J connectivity index is 1.48. The number of hydrazone groups is 1. The average molecular weight is 454 g/mol. The number of rotatable bonds is 9. The van der Waals surface area contributed by atoms with Crippen LogP contribution in [0.4, 0.5) is 5.82 Å². The second-order valence-corrected chi connectivity index (χ2v) is 7.72. The number of nitrogen functional groups attached to an aromatic ring is 1. The summed E-state index contributed by atoms with van der Waals surface area (Å²) in [5.74, 6) is 0.569. The van der Waals surface area contributed by atoms with Gasteiger partial charge in [0.05, 0.1) is 18.5 Å². The van der Waals surface area contributed by atoms with Crippen molar-refractivity contribution in [2.24, 2.45) is 5.10 Å². The fraction of sp³-hybridized carbons (Fsp3) is 0.429. The minimum absolute atomic E-state index is 0.0659. The highest BCUT2D eigenvalue weighted by Gasteiger charge is 2.26. The molecule has 1 aromatic carbocycles. The summed E-state index contributed by atoms with van der Waals surface area (Å²) >= 11 is 0. The highest BCUT2D eigenvalue weighted by Crippen LogP contribution is 2.19. The van der Waals surface area contributed by atoms with Gasteiger partial charge >= 0.3 is 0 Å². The van der Waals surface area contributed by atoms with Gasteiger partial charge in [-0.1, -0.05) is 18.6 Å². The van der Waals surface area contributed by atoms with E-state index in [9.17, 15) is 4.79 Å². The molecule has 1 fully saturated rings. The lowest BCUT2D eigenvalue weighted by Crippen LogP contribution is -2.31. The molecule has 12 nitrogen and oxygen atoms in total. The molecule has 1 amide bonds. The highest BCUT2D eigenvalue weighted by molar-refractivity contribution is 5.94. The topological polar surface area (TPSA) is 150 Å². The molecule has 0 bridgehead atoms. The maximum atomic E-state index is 12.9. The molecule has 3 heterocycles. The van der Waals surface area contributed by atoms with Crippen molar-refractivity contribution in [1.82, 2.24) is 35.6 Å². The summed E-state index contributed by atoms with van der Waals surface area (Å²) in [6.07, 6.45) is 5.89. The number of likely N-dealkylation sites (tertiary alicyclic amines) is 1. The number of ether oxygens (including phenoxy) is 1. The van der Waals surface area contributed by atoms with Crippen LogP contribution in [0.1, 0.15) is 54.4 Å². The molecule has 3 aromatic rings. The van der Waals surface area contributed by atoms with Crippen LogP contribution in [0.25, 0.3) is 5.82 Å². The number of carbonyl (C=O) groups is 1. The van der Waals surface area contributed by atoms with Crippen molar-refractivity contribution in [1.29, 1.82) is 0 Å². The Morgan fingerprint density at radius 3 is 2.73 bits per heavy atom. The fourth-order valence-corrected chi connectivity index (χ4v) is 3.55. The van der Waals surface area contributed by atoms with E-state index in [-0.39, 0.29) is 17.3 Å². The molecule has 2 aromatic heterocycles. The lowest BCUT2D eigenvalue weighted by Gasteiger charge is -2.26. The van der Waals surface area contributed by atoms with Crippen LogP contribution in [-0.2, 0) is 6.54 Å². The molecule has 12 heteroatoms. The quantitative estimate of drug-likeness (QED) is 0.365. The maximum Gasteiger partial charge on any atom is 0.293 e. The zero-order valence-electron chi connectivity index (χ0n) is 18.5. The summed E-state index contributed by atoms with van der Waals surface area (Å²) < 4.78 is 11.7. The van der Waals surface area contributed by atoms with Crippen molar-refractivity contribution in [2.75, 3.05) is 25.4 Å². The van der Waals surface area contributed by atoms with Gasteiger partial charge < -0.3 is 10.5 Å². The molecule has 1 aliphatic rings. The lowest BCUT2D eigenvalue weighted by molar-refractivity contribution is 0.0947. The normalized spacial score (nSPS) is 14.6. The Labute approximate surface area is 190 Å². The molecule has 0 unspecified atom stereocenters. The van der Waals surface area contributed by atoms with Crippen molar-refractivity contribution in [3.05, 3.63) is 41.2 Å². The molecule has 1 saturated heterocycles. The van der Waals surface area contributed by atoms with E-state index in [0.717, 1.165) is 43.7 Å². The van der Waals surface area contributed by atoms with Gasteiger partial charge in [0.15, 0.2) is 5.69 Å². The van der Waals surface area contributed by atoms with Crippen LogP contribution in [0.3, 0.4) is 0 Å². The number of nitrogens with one attached hydrogen (secondary N) is 1. The van der Waals surface area contributed by atoms with Crippen LogP contribution in [0.2, 0.25) is 0 Å². The lowest BCUT2D eigenvalue weighted by atomic mass is 10.1. The van der Waals surface area contributed by atoms with Gasteiger partial charge in [-0.05, 0) is 72.5 Å². The van der Waals surface area contributed by atoms with E-state index in [1.165, 1.54) is 11.1 Å². The SMILES string of the molecule is CCCOc1ccc(C=NNC(=O)c2nnn(-c3nonc3N)c2CN2CCCCC2)cc1. The van der Waals surface area contributed by atoms with E-state index in [0.29, 0.717) is 18.8 Å². The van der Waals surface area contributed by atoms with Crippen LogP contribution >= 0.6 is 0 Å². The van der Waals surface area contributed by atoms with Crippen molar-refractivity contribution < 1.29 is 14.2 Å². The standard InChI is InChI=1S/C21H27N9O3/c1-2-12-32-16-8-6-15(7-9-16)13-23-25-21(31)18-17(14-29-10-4-3-5-11-29)30(28-24-18)20-19(22)26-33-27-20/h6-9,13H,2-5,10-12,14H2,1H3,(H2,22,26)(H,25,31). The van der Waals surface area contributed by atoms with Gasteiger partial charge in [0.2, 0.25) is 11.6 Å². The first-order valence-corrected chi connectivity index (χ1v) is 11.0. The third kappa shape index (κ3) is 5.52. The number of aromatic nitrogens is 5. The van der Waals surface area contributed by atoms with Crippen molar-refractivity contribution >= 4 is 17.9 Å². The van der Waals surface area contributed by atoms with E-state index in [1.54, 1.807) is 6.21 Å². The summed E-state index contributed by atoms with van der Waals surface area (Å²) in [6.45, 7) is 5.03. The van der Waals surface area contributed by atoms with Crippen LogP contribution in [0.5, 0.6) is 5.75 Å². The second kappa shape index (κ2) is 10.7. The van der Waals surface area contributed by atoms with Crippen LogP contribution in [0, 0.1) is 0 Å². The van der Waals surface area contributed by atoms with E-state index < -0.39 is 5.91 Å². The molecule has 0 saturated carbocycles. The zero-order valence-corrected chi connectivity index (χ0v) is 18.5. The number of nitrogens with zero attached hydrogens (tertiary/aromatic N) is 7. The molecule has 1 aliphatic heterocycles. The van der Waals surface area contributed by atoms with Crippen molar-refractivity contribution in [3.8, 4) is 11.6 Å². The number of hydrogen-bond acceptors (Lipinski definition) is 10. The van der Waals surface area contributed by atoms with Gasteiger partial charge in [-0.3, -0.25) is 9.69 Å². The van der Waals surface area contributed by atoms with E-state index >= 15 is 0 Å². The zero-order chi connectivity index (χ0) is 23.0. The summed E-state index contributed by atoms with van der Waals surface area (Å²) in [7, 11) is 0. The fourth-order valence-electron chi connectivity index (χ4n) is 3.55. The van der Waals surface area contributed by atoms with Crippen molar-refractivity contribution in [2.45, 2.75) is 39.2 Å². The van der Waals surface area contributed by atoms with Gasteiger partial charge in [0, 0.05) is 6.54 Å². The Bertz CT molecular complexity index is 1080. The monoisotopic (exact) mass is 453 g/mol. The molecular weight excluding hydrogens is 426 g/mol. The van der Waals surface area contributed by atoms with Gasteiger partial charge in [0.25, 0.3) is 5.91 Å². The Morgan fingerprint density at radius 1 is 1.24 bits per heavy atom. The summed E-state index contributed by atoms with van der Waals surface area (Å²) in [5, 5.41) is 19.6. The Kier molecular flexibility index (Phi) is 7.25. The molecule has 3 N–H and O–H groups in total. The smallest absolute Gasteiger partial charge is 0.293 e. The summed E-state index contributed by atoms with van der Waals surface area (Å²) in [5.41, 5.74) is 9.87. The second-order valence-electron chi connectivity index (χ2n) is 7.72. The predicted molar refractivity (Wildman–Crippen MR) is 120 cm³/mol. The number of nitrogens with two attached hydrogens (primary N) is 1. The number of carbonyl (C=O) groups excluding carboxylic acids is 1. The molecule has 0 aliphatic carbocycles. The minimum Gasteiger partial charge on any atom is -0.494 e. The first-order chi connectivity index (χ1) is 16.2. The molecule has 33 heavy (non-hydrogen) atoms. The molecular formula is C21H27N9O3. The average Bonchev–Trinajstić information content (AvgIpc) is 3.44. The summed E-state index contributed by atoms with van der Waals surface area (Å²) in [6, 6.07) is 7.44. The first-order valence-electron chi connectivity index (χ1n) is 11.0. The number of anilines is 1. The minimum atomic E-state index is -0.484. The van der Waals surface area contributed by atoms with Crippen molar-refractivity contribution in [3.63, 3.8) is 0 Å². The first kappa shape index (κ1) is 22.4. The van der Waals surface area contributed by atoms with Gasteiger partial charge in [-0.2, -0.15) is 9.78 Å².